The third-order valence-electron chi connectivity index (χ3n) is 5.41. The van der Waals surface area contributed by atoms with E-state index >= 15 is 0 Å². The van der Waals surface area contributed by atoms with Crippen LogP contribution in [0.3, 0.4) is 0 Å². The average Bonchev–Trinajstić information content (AvgIpc) is 2.73. The highest BCUT2D eigenvalue weighted by Gasteiger charge is 2.12. The molecule has 0 heterocycles. The van der Waals surface area contributed by atoms with Gasteiger partial charge in [-0.05, 0) is 91.4 Å². The van der Waals surface area contributed by atoms with Gasteiger partial charge in [0.1, 0.15) is 6.61 Å². The maximum absolute atomic E-state index is 12.4. The summed E-state index contributed by atoms with van der Waals surface area (Å²) in [6, 6.07) is 7.52. The number of hydrogen-bond acceptors (Lipinski definition) is 3. The molecule has 0 N–H and O–H groups in total. The van der Waals surface area contributed by atoms with Crippen molar-refractivity contribution < 1.29 is 9.53 Å². The Balaban J connectivity index is 2.36. The maximum atomic E-state index is 12.4. The number of allylic oxidation sites excluding steroid dienone is 7. The van der Waals surface area contributed by atoms with Crippen molar-refractivity contribution in [3.8, 4) is 0 Å². The molecule has 0 aromatic heterocycles. The molecule has 0 amide bonds. The largest absolute Gasteiger partial charge is 0.458 e. The lowest BCUT2D eigenvalue weighted by Gasteiger charge is -2.16. The Morgan fingerprint density at radius 2 is 1.28 bits per heavy atom. The van der Waals surface area contributed by atoms with Crippen molar-refractivity contribution in [3.63, 3.8) is 0 Å². The van der Waals surface area contributed by atoms with E-state index in [2.05, 4.69) is 52.8 Å². The predicted octanol–water partition coefficient (Wildman–Crippen LogP) is 8.06. The number of carbonyl (C=O) groups is 1. The molecule has 0 saturated carbocycles. The van der Waals surface area contributed by atoms with Gasteiger partial charge in [-0.2, -0.15) is 0 Å². The first-order chi connectivity index (χ1) is 15.2. The molecule has 176 valence electrons. The Kier molecular flexibility index (Phi) is 13.1. The third-order valence-corrected chi connectivity index (χ3v) is 5.41. The summed E-state index contributed by atoms with van der Waals surface area (Å²) >= 11 is 0. The van der Waals surface area contributed by atoms with Crippen LogP contribution in [-0.2, 0) is 4.74 Å². The van der Waals surface area contributed by atoms with Crippen LogP contribution in [0.4, 0.5) is 5.69 Å². The summed E-state index contributed by atoms with van der Waals surface area (Å²) in [4.78, 5) is 14.3. The fourth-order valence-electron chi connectivity index (χ4n) is 3.36. The molecule has 0 aliphatic rings. The minimum Gasteiger partial charge on any atom is -0.458 e. The Bertz CT molecular complexity index is 836. The molecule has 1 aromatic rings. The first-order valence-electron chi connectivity index (χ1n) is 11.7. The van der Waals surface area contributed by atoms with E-state index in [0.29, 0.717) is 12.2 Å². The summed E-state index contributed by atoms with van der Waals surface area (Å²) in [5.74, 6) is -0.279. The molecule has 0 atom stereocenters. The van der Waals surface area contributed by atoms with Crippen molar-refractivity contribution in [2.75, 3.05) is 25.6 Å². The van der Waals surface area contributed by atoms with Gasteiger partial charge in [0.2, 0.25) is 0 Å². The monoisotopic (exact) mass is 437 g/mol. The van der Waals surface area contributed by atoms with Crippen LogP contribution >= 0.6 is 0 Å². The van der Waals surface area contributed by atoms with Gasteiger partial charge in [0.05, 0.1) is 11.3 Å². The highest BCUT2D eigenvalue weighted by atomic mass is 16.5. The zero-order valence-electron chi connectivity index (χ0n) is 21.3. The second kappa shape index (κ2) is 15.3. The second-order valence-electron chi connectivity index (χ2n) is 9.06. The van der Waals surface area contributed by atoms with Crippen LogP contribution < -0.4 is 4.90 Å². The number of hydrogen-bond donors (Lipinski definition) is 0. The second-order valence-corrected chi connectivity index (χ2v) is 9.06. The predicted molar refractivity (Wildman–Crippen MR) is 139 cm³/mol. The van der Waals surface area contributed by atoms with Crippen LogP contribution in [0.2, 0.25) is 0 Å². The van der Waals surface area contributed by atoms with Crippen molar-refractivity contribution in [2.24, 2.45) is 0 Å². The zero-order chi connectivity index (χ0) is 23.9. The molecule has 3 heteroatoms. The molecule has 1 aromatic carbocycles. The maximum Gasteiger partial charge on any atom is 0.340 e. The van der Waals surface area contributed by atoms with Crippen LogP contribution in [0.15, 0.2) is 70.9 Å². The quantitative estimate of drug-likeness (QED) is 0.231. The standard InChI is InChI=1S/C29H43NO2/c1-23(2)13-10-14-24(3)15-11-16-25(4)17-12-18-26(5)21-22-32-29(31)27-19-8-9-20-28(27)30(6)7/h8-9,13,15,17,19-21H,10-12,14,16,18,22H2,1-7H3/b24-15+,25-17+,26-21+. The van der Waals surface area contributed by atoms with Crippen LogP contribution in [0.25, 0.3) is 0 Å². The molecule has 0 bridgehead atoms. The number of benzene rings is 1. The summed E-state index contributed by atoms with van der Waals surface area (Å²) in [5, 5.41) is 0. The number of esters is 1. The summed E-state index contributed by atoms with van der Waals surface area (Å²) in [5.41, 5.74) is 7.04. The molecule has 0 aliphatic carbocycles. The van der Waals surface area contributed by atoms with E-state index in [4.69, 9.17) is 4.74 Å². The summed E-state index contributed by atoms with van der Waals surface area (Å²) in [6.45, 7) is 11.2. The molecule has 0 aliphatic heterocycles. The fraction of sp³-hybridized carbons (Fsp3) is 0.483. The van der Waals surface area contributed by atoms with E-state index in [1.54, 1.807) is 0 Å². The lowest BCUT2D eigenvalue weighted by Crippen LogP contribution is -2.15. The van der Waals surface area contributed by atoms with Crippen LogP contribution in [0, 0.1) is 0 Å². The van der Waals surface area contributed by atoms with Gasteiger partial charge in [0.15, 0.2) is 0 Å². The number of carbonyl (C=O) groups excluding carboxylic acids is 1. The Morgan fingerprint density at radius 3 is 1.81 bits per heavy atom. The van der Waals surface area contributed by atoms with E-state index in [9.17, 15) is 4.79 Å². The van der Waals surface area contributed by atoms with E-state index in [1.807, 2.05) is 49.3 Å². The van der Waals surface area contributed by atoms with Crippen molar-refractivity contribution in [2.45, 2.75) is 73.1 Å². The molecule has 0 fully saturated rings. The molecule has 0 radical (unpaired) electrons. The first kappa shape index (κ1) is 27.5. The summed E-state index contributed by atoms with van der Waals surface area (Å²) in [6.07, 6.45) is 15.6. The molecule has 32 heavy (non-hydrogen) atoms. The van der Waals surface area contributed by atoms with Crippen LogP contribution in [0.5, 0.6) is 0 Å². The summed E-state index contributed by atoms with van der Waals surface area (Å²) < 4.78 is 5.47. The smallest absolute Gasteiger partial charge is 0.340 e. The Hall–Kier alpha value is -2.55. The van der Waals surface area contributed by atoms with E-state index < -0.39 is 0 Å². The number of anilines is 1. The van der Waals surface area contributed by atoms with Crippen molar-refractivity contribution in [3.05, 3.63) is 76.4 Å². The van der Waals surface area contributed by atoms with Gasteiger partial charge in [0, 0.05) is 14.1 Å². The van der Waals surface area contributed by atoms with Gasteiger partial charge >= 0.3 is 5.97 Å². The van der Waals surface area contributed by atoms with Gasteiger partial charge in [-0.3, -0.25) is 0 Å². The van der Waals surface area contributed by atoms with Gasteiger partial charge in [-0.1, -0.05) is 52.7 Å². The number of nitrogens with zero attached hydrogens (tertiary/aromatic N) is 1. The Labute approximate surface area is 196 Å². The fourth-order valence-corrected chi connectivity index (χ4v) is 3.36. The van der Waals surface area contributed by atoms with E-state index in [-0.39, 0.29) is 5.97 Å². The Morgan fingerprint density at radius 1 is 0.781 bits per heavy atom. The van der Waals surface area contributed by atoms with Crippen molar-refractivity contribution in [1.82, 2.24) is 0 Å². The molecule has 0 unspecified atom stereocenters. The SMILES string of the molecule is CC(C)=CCC/C(C)=C/CC/C(C)=C/CC/C(C)=C/COC(=O)c1ccccc1N(C)C. The molecule has 0 saturated heterocycles. The normalized spacial score (nSPS) is 12.5. The third kappa shape index (κ3) is 11.7. The molecule has 1 rings (SSSR count). The highest BCUT2D eigenvalue weighted by Crippen LogP contribution is 2.19. The summed E-state index contributed by atoms with van der Waals surface area (Å²) in [7, 11) is 3.85. The van der Waals surface area contributed by atoms with E-state index in [1.165, 1.54) is 22.3 Å². The molecule has 0 spiro atoms. The lowest BCUT2D eigenvalue weighted by atomic mass is 10.0. The van der Waals surface area contributed by atoms with Gasteiger partial charge < -0.3 is 9.64 Å². The average molecular weight is 438 g/mol. The van der Waals surface area contributed by atoms with Gasteiger partial charge in [-0.25, -0.2) is 4.79 Å². The van der Waals surface area contributed by atoms with E-state index in [0.717, 1.165) is 44.2 Å². The van der Waals surface area contributed by atoms with Crippen LogP contribution in [-0.4, -0.2) is 26.7 Å². The van der Waals surface area contributed by atoms with Gasteiger partial charge in [-0.15, -0.1) is 0 Å². The van der Waals surface area contributed by atoms with Gasteiger partial charge in [0.25, 0.3) is 0 Å². The van der Waals surface area contributed by atoms with Crippen molar-refractivity contribution in [1.29, 1.82) is 0 Å². The van der Waals surface area contributed by atoms with Crippen LogP contribution in [0.1, 0.15) is 83.5 Å². The minimum atomic E-state index is -0.279. The lowest BCUT2D eigenvalue weighted by molar-refractivity contribution is 0.0549. The highest BCUT2D eigenvalue weighted by molar-refractivity contribution is 5.95. The number of rotatable bonds is 13. The van der Waals surface area contributed by atoms with Crippen molar-refractivity contribution >= 4 is 11.7 Å². The topological polar surface area (TPSA) is 29.5 Å². The number of para-hydroxylation sites is 1. The minimum absolute atomic E-state index is 0.279. The number of ether oxygens (including phenoxy) is 1. The molecule has 3 nitrogen and oxygen atoms in total. The molecular formula is C29H43NO2. The zero-order valence-corrected chi connectivity index (χ0v) is 21.3. The molecular weight excluding hydrogens is 394 g/mol. The first-order valence-corrected chi connectivity index (χ1v) is 11.7.